The first-order valence-corrected chi connectivity index (χ1v) is 9.24. The van der Waals surface area contributed by atoms with Crippen molar-refractivity contribution in [1.82, 2.24) is 19.6 Å². The largest absolute Gasteiger partial charge is 0.378 e. The summed E-state index contributed by atoms with van der Waals surface area (Å²) in [5, 5.41) is 4.48. The van der Waals surface area contributed by atoms with E-state index < -0.39 is 0 Å². The van der Waals surface area contributed by atoms with Gasteiger partial charge in [-0.3, -0.25) is 14.3 Å². The van der Waals surface area contributed by atoms with Crippen LogP contribution in [0.5, 0.6) is 0 Å². The van der Waals surface area contributed by atoms with Gasteiger partial charge >= 0.3 is 0 Å². The lowest BCUT2D eigenvalue weighted by atomic mass is 10.1. The summed E-state index contributed by atoms with van der Waals surface area (Å²) < 4.78 is 7.60. The van der Waals surface area contributed by atoms with Crippen LogP contribution in [0, 0.1) is 0 Å². The zero-order valence-electron chi connectivity index (χ0n) is 15.2. The summed E-state index contributed by atoms with van der Waals surface area (Å²) in [5.41, 5.74) is 1.40. The summed E-state index contributed by atoms with van der Waals surface area (Å²) in [6.45, 7) is 5.09. The fraction of sp³-hybridized carbons (Fsp3) is 0.722. The van der Waals surface area contributed by atoms with E-state index in [9.17, 15) is 9.59 Å². The Bertz CT molecular complexity index is 622. The fourth-order valence-corrected chi connectivity index (χ4v) is 3.51. The predicted molar refractivity (Wildman–Crippen MR) is 93.1 cm³/mol. The number of nitrogens with zero attached hydrogens (tertiary/aromatic N) is 4. The molecule has 25 heavy (non-hydrogen) atoms. The van der Waals surface area contributed by atoms with Crippen molar-refractivity contribution in [2.45, 2.75) is 58.2 Å². The van der Waals surface area contributed by atoms with Crippen LogP contribution in [0.4, 0.5) is 0 Å². The van der Waals surface area contributed by atoms with E-state index in [2.05, 4.69) is 5.10 Å². The highest BCUT2D eigenvalue weighted by Gasteiger charge is 2.23. The van der Waals surface area contributed by atoms with Crippen molar-refractivity contribution in [3.63, 3.8) is 0 Å². The molecule has 0 aromatic carbocycles. The number of fused-ring (bicyclic) bond motifs is 1. The Morgan fingerprint density at radius 3 is 2.88 bits per heavy atom. The van der Waals surface area contributed by atoms with E-state index in [0.29, 0.717) is 18.8 Å². The molecule has 2 aliphatic rings. The first kappa shape index (κ1) is 17.9. The number of amides is 2. The summed E-state index contributed by atoms with van der Waals surface area (Å²) in [4.78, 5) is 27.8. The van der Waals surface area contributed by atoms with Crippen LogP contribution in [0.15, 0.2) is 6.07 Å². The maximum Gasteiger partial charge on any atom is 0.274 e. The van der Waals surface area contributed by atoms with Gasteiger partial charge in [-0.2, -0.15) is 5.10 Å². The molecule has 138 valence electrons. The number of ether oxygens (including phenoxy) is 1. The number of aromatic nitrogens is 2. The topological polar surface area (TPSA) is 67.7 Å². The van der Waals surface area contributed by atoms with E-state index in [1.807, 2.05) is 17.8 Å². The van der Waals surface area contributed by atoms with Crippen molar-refractivity contribution in [3.05, 3.63) is 17.5 Å². The van der Waals surface area contributed by atoms with Gasteiger partial charge in [0.15, 0.2) is 5.69 Å². The van der Waals surface area contributed by atoms with Gasteiger partial charge in [0.25, 0.3) is 5.91 Å². The minimum atomic E-state index is -0.0641. The third-order valence-corrected chi connectivity index (χ3v) is 5.09. The van der Waals surface area contributed by atoms with Gasteiger partial charge < -0.3 is 14.5 Å². The maximum absolute atomic E-state index is 12.7. The highest BCUT2D eigenvalue weighted by atomic mass is 16.5. The van der Waals surface area contributed by atoms with Crippen LogP contribution in [0.3, 0.4) is 0 Å². The average Bonchev–Trinajstić information content (AvgIpc) is 2.91. The second-order valence-corrected chi connectivity index (χ2v) is 7.04. The molecule has 0 saturated carbocycles. The van der Waals surface area contributed by atoms with Gasteiger partial charge in [-0.05, 0) is 38.2 Å². The predicted octanol–water partition coefficient (Wildman–Crippen LogP) is 1.67. The lowest BCUT2D eigenvalue weighted by Gasteiger charge is -2.25. The Morgan fingerprint density at radius 1 is 1.32 bits per heavy atom. The SMILES string of the molecule is CC(=O)N1CCCn2nc(C(=O)N(C)CCC3CCCCO3)cc2C1. The van der Waals surface area contributed by atoms with Gasteiger partial charge in [-0.15, -0.1) is 0 Å². The smallest absolute Gasteiger partial charge is 0.274 e. The summed E-state index contributed by atoms with van der Waals surface area (Å²) in [7, 11) is 1.82. The Kier molecular flexibility index (Phi) is 5.73. The van der Waals surface area contributed by atoms with E-state index in [1.54, 1.807) is 16.7 Å². The number of hydrogen-bond acceptors (Lipinski definition) is 4. The monoisotopic (exact) mass is 348 g/mol. The normalized spacial score (nSPS) is 20.7. The second-order valence-electron chi connectivity index (χ2n) is 7.04. The van der Waals surface area contributed by atoms with Crippen LogP contribution in [-0.2, 0) is 22.6 Å². The minimum absolute atomic E-state index is 0.0622. The molecular weight excluding hydrogens is 320 g/mol. The number of rotatable bonds is 4. The number of hydrogen-bond donors (Lipinski definition) is 0. The highest BCUT2D eigenvalue weighted by molar-refractivity contribution is 5.92. The molecule has 1 aromatic rings. The van der Waals surface area contributed by atoms with Crippen molar-refractivity contribution in [3.8, 4) is 0 Å². The zero-order chi connectivity index (χ0) is 17.8. The standard InChI is InChI=1S/C18H28N4O3/c1-14(23)21-8-5-9-22-15(13-21)12-17(19-22)18(24)20(2)10-7-16-6-3-4-11-25-16/h12,16H,3-11,13H2,1-2H3. The molecular formula is C18H28N4O3. The molecule has 0 radical (unpaired) electrons. The van der Waals surface area contributed by atoms with Crippen LogP contribution >= 0.6 is 0 Å². The molecule has 7 nitrogen and oxygen atoms in total. The molecule has 7 heteroatoms. The number of carbonyl (C=O) groups is 2. The Morgan fingerprint density at radius 2 is 2.16 bits per heavy atom. The van der Waals surface area contributed by atoms with Crippen LogP contribution in [0.2, 0.25) is 0 Å². The lowest BCUT2D eigenvalue weighted by molar-refractivity contribution is -0.129. The van der Waals surface area contributed by atoms with Crippen molar-refractivity contribution in [2.75, 3.05) is 26.7 Å². The molecule has 1 unspecified atom stereocenters. The van der Waals surface area contributed by atoms with Gasteiger partial charge in [0.05, 0.1) is 18.3 Å². The minimum Gasteiger partial charge on any atom is -0.378 e. The maximum atomic E-state index is 12.7. The number of aryl methyl sites for hydroxylation is 1. The van der Waals surface area contributed by atoms with Crippen LogP contribution in [0.1, 0.15) is 55.2 Å². The van der Waals surface area contributed by atoms with Crippen LogP contribution in [0.25, 0.3) is 0 Å². The van der Waals surface area contributed by atoms with E-state index in [0.717, 1.165) is 51.1 Å². The molecule has 2 amide bonds. The second kappa shape index (κ2) is 7.99. The third kappa shape index (κ3) is 4.39. The molecule has 1 fully saturated rings. The van der Waals surface area contributed by atoms with Gasteiger partial charge in [0, 0.05) is 40.2 Å². The first-order valence-electron chi connectivity index (χ1n) is 9.24. The third-order valence-electron chi connectivity index (χ3n) is 5.09. The van der Waals surface area contributed by atoms with E-state index >= 15 is 0 Å². The molecule has 1 aromatic heterocycles. The van der Waals surface area contributed by atoms with Gasteiger partial charge in [-0.25, -0.2) is 0 Å². The van der Waals surface area contributed by atoms with Gasteiger partial charge in [0.1, 0.15) is 0 Å². The summed E-state index contributed by atoms with van der Waals surface area (Å²) in [6, 6.07) is 1.83. The van der Waals surface area contributed by atoms with Gasteiger partial charge in [-0.1, -0.05) is 0 Å². The quantitative estimate of drug-likeness (QED) is 0.830. The molecule has 2 aliphatic heterocycles. The Balaban J connectivity index is 1.60. The van der Waals surface area contributed by atoms with Crippen molar-refractivity contribution in [1.29, 1.82) is 0 Å². The summed E-state index contributed by atoms with van der Waals surface area (Å²) in [6.07, 6.45) is 5.43. The first-order chi connectivity index (χ1) is 12.0. The molecule has 3 rings (SSSR count). The van der Waals surface area contributed by atoms with E-state index in [-0.39, 0.29) is 17.9 Å². The molecule has 1 saturated heterocycles. The summed E-state index contributed by atoms with van der Waals surface area (Å²) >= 11 is 0. The Hall–Kier alpha value is -1.89. The highest BCUT2D eigenvalue weighted by Crippen LogP contribution is 2.17. The molecule has 3 heterocycles. The molecule has 0 aliphatic carbocycles. The van der Waals surface area contributed by atoms with E-state index in [1.165, 1.54) is 6.42 Å². The van der Waals surface area contributed by atoms with Crippen molar-refractivity contribution in [2.24, 2.45) is 0 Å². The number of carbonyl (C=O) groups excluding carboxylic acids is 2. The fourth-order valence-electron chi connectivity index (χ4n) is 3.51. The zero-order valence-corrected chi connectivity index (χ0v) is 15.2. The van der Waals surface area contributed by atoms with Gasteiger partial charge in [0.2, 0.25) is 5.91 Å². The van der Waals surface area contributed by atoms with Crippen LogP contribution in [-0.4, -0.2) is 64.2 Å². The molecule has 1 atom stereocenters. The van der Waals surface area contributed by atoms with Crippen molar-refractivity contribution >= 4 is 11.8 Å². The van der Waals surface area contributed by atoms with Crippen LogP contribution < -0.4 is 0 Å². The molecule has 0 N–H and O–H groups in total. The Labute approximate surface area is 148 Å². The molecule has 0 spiro atoms. The lowest BCUT2D eigenvalue weighted by Crippen LogP contribution is -2.32. The summed E-state index contributed by atoms with van der Waals surface area (Å²) in [5.74, 6) is -0.00196. The average molecular weight is 348 g/mol. The van der Waals surface area contributed by atoms with Crippen molar-refractivity contribution < 1.29 is 14.3 Å². The molecule has 0 bridgehead atoms. The van der Waals surface area contributed by atoms with E-state index in [4.69, 9.17) is 4.74 Å².